The summed E-state index contributed by atoms with van der Waals surface area (Å²) in [7, 11) is -2.42. The van der Waals surface area contributed by atoms with Gasteiger partial charge in [0.25, 0.3) is 0 Å². The summed E-state index contributed by atoms with van der Waals surface area (Å²) >= 11 is 0. The van der Waals surface area contributed by atoms with E-state index >= 15 is 0 Å². The molecule has 0 aliphatic carbocycles. The van der Waals surface area contributed by atoms with Crippen molar-refractivity contribution in [1.82, 2.24) is 4.98 Å². The van der Waals surface area contributed by atoms with Gasteiger partial charge in [-0.15, -0.1) is 0 Å². The highest BCUT2D eigenvalue weighted by atomic mass is 32.2. The van der Waals surface area contributed by atoms with Crippen LogP contribution in [-0.4, -0.2) is 21.3 Å². The van der Waals surface area contributed by atoms with Gasteiger partial charge in [0.2, 0.25) is 5.95 Å². The molecule has 1 atom stereocenters. The van der Waals surface area contributed by atoms with Crippen LogP contribution in [0.2, 0.25) is 0 Å². The Balaban J connectivity index is 3.10. The molecule has 15 heavy (non-hydrogen) atoms. The van der Waals surface area contributed by atoms with E-state index in [0.717, 1.165) is 5.56 Å². The van der Waals surface area contributed by atoms with E-state index in [1.165, 1.54) is 12.3 Å². The summed E-state index contributed by atoms with van der Waals surface area (Å²) in [4.78, 5) is 3.60. The normalized spacial score (nSPS) is 15.0. The fourth-order valence-corrected chi connectivity index (χ4v) is 1.67. The fourth-order valence-electron chi connectivity index (χ4n) is 1.12. The summed E-state index contributed by atoms with van der Waals surface area (Å²) in [6.45, 7) is 3.90. The van der Waals surface area contributed by atoms with E-state index in [9.17, 15) is 8.60 Å². The van der Waals surface area contributed by atoms with Crippen molar-refractivity contribution in [2.24, 2.45) is 0 Å². The van der Waals surface area contributed by atoms with Gasteiger partial charge in [-0.25, -0.2) is 9.19 Å². The largest absolute Gasteiger partial charge is 0.297 e. The van der Waals surface area contributed by atoms with Gasteiger partial charge in [0.1, 0.15) is 5.82 Å². The third-order valence-electron chi connectivity index (χ3n) is 1.80. The van der Waals surface area contributed by atoms with E-state index in [0.29, 0.717) is 0 Å². The molecule has 1 unspecified atom stereocenters. The van der Waals surface area contributed by atoms with Gasteiger partial charge in [-0.1, -0.05) is 13.8 Å². The first kappa shape index (κ1) is 12.0. The van der Waals surface area contributed by atoms with Crippen molar-refractivity contribution in [3.63, 3.8) is 0 Å². The Hall–Kier alpha value is -1.10. The molecule has 0 aliphatic heterocycles. The molecule has 0 amide bonds. The number of pyridine rings is 1. The summed E-state index contributed by atoms with van der Waals surface area (Å²) in [5.74, 6) is 3.31. The van der Waals surface area contributed by atoms with Crippen LogP contribution in [0.15, 0.2) is 12.1 Å². The van der Waals surface area contributed by atoms with Gasteiger partial charge in [-0.2, -0.15) is 4.39 Å². The summed E-state index contributed by atoms with van der Waals surface area (Å²) in [6.07, 6.45) is 1.44. The quantitative estimate of drug-likeness (QED) is 0.637. The van der Waals surface area contributed by atoms with Crippen molar-refractivity contribution in [2.45, 2.75) is 19.8 Å². The van der Waals surface area contributed by atoms with Crippen LogP contribution in [0.3, 0.4) is 0 Å². The van der Waals surface area contributed by atoms with Gasteiger partial charge < -0.3 is 0 Å². The van der Waals surface area contributed by atoms with E-state index in [1.54, 1.807) is 6.07 Å². The van der Waals surface area contributed by atoms with Crippen LogP contribution < -0.4 is 4.72 Å². The Morgan fingerprint density at radius 2 is 2.13 bits per heavy atom. The minimum absolute atomic E-state index is 0.195. The molecule has 1 aromatic rings. The van der Waals surface area contributed by atoms with Gasteiger partial charge in [0.05, 0.1) is 0 Å². The number of hydrogen-bond acceptors (Lipinski definition) is 2. The summed E-state index contributed by atoms with van der Waals surface area (Å²) < 4.78 is 27.0. The van der Waals surface area contributed by atoms with E-state index in [2.05, 4.69) is 15.6 Å². The predicted molar refractivity (Wildman–Crippen MR) is 63.1 cm³/mol. The van der Waals surface area contributed by atoms with Crippen LogP contribution in [0.5, 0.6) is 0 Å². The van der Waals surface area contributed by atoms with Gasteiger partial charge in [-0.05, 0) is 29.5 Å². The standard InChI is InChI=1S/C10H15FN2OS/c1-7(2)8-5-9(11)12-10(6-8)13-15(3,4)14/h5-7H,3H2,1-2,4H3,(H,12,13,14). The van der Waals surface area contributed by atoms with Crippen LogP contribution in [0.1, 0.15) is 25.3 Å². The minimum Gasteiger partial charge on any atom is -0.297 e. The zero-order chi connectivity index (χ0) is 11.6. The molecule has 0 saturated carbocycles. The highest BCUT2D eigenvalue weighted by Crippen LogP contribution is 2.18. The Morgan fingerprint density at radius 3 is 2.60 bits per heavy atom. The fraction of sp³-hybridized carbons (Fsp3) is 0.400. The molecule has 0 fully saturated rings. The maximum atomic E-state index is 13.1. The van der Waals surface area contributed by atoms with Crippen molar-refractivity contribution in [2.75, 3.05) is 11.0 Å². The third kappa shape index (κ3) is 3.87. The predicted octanol–water partition coefficient (Wildman–Crippen LogP) is 2.02. The molecule has 3 nitrogen and oxygen atoms in total. The Kier molecular flexibility index (Phi) is 3.34. The van der Waals surface area contributed by atoms with Gasteiger partial charge >= 0.3 is 0 Å². The number of rotatable bonds is 3. The molecule has 84 valence electrons. The first-order chi connectivity index (χ1) is 6.78. The Bertz CT molecular complexity index is 454. The second-order valence-corrected chi connectivity index (χ2v) is 6.08. The van der Waals surface area contributed by atoms with E-state index in [-0.39, 0.29) is 11.7 Å². The first-order valence-corrected chi connectivity index (χ1v) is 6.69. The van der Waals surface area contributed by atoms with Gasteiger partial charge in [-0.3, -0.25) is 4.72 Å². The molecular weight excluding hydrogens is 215 g/mol. The molecule has 1 heterocycles. The summed E-state index contributed by atoms with van der Waals surface area (Å²) in [5.41, 5.74) is 0.814. The average molecular weight is 230 g/mol. The monoisotopic (exact) mass is 230 g/mol. The highest BCUT2D eigenvalue weighted by Gasteiger charge is 2.06. The second-order valence-electron chi connectivity index (χ2n) is 3.87. The number of aromatic nitrogens is 1. The average Bonchev–Trinajstić information content (AvgIpc) is 1.99. The molecule has 5 heteroatoms. The molecule has 1 rings (SSSR count). The number of hydrogen-bond donors (Lipinski definition) is 1. The lowest BCUT2D eigenvalue weighted by atomic mass is 10.1. The number of nitrogens with zero attached hydrogens (tertiary/aromatic N) is 1. The van der Waals surface area contributed by atoms with Crippen molar-refractivity contribution in [3.05, 3.63) is 23.6 Å². The second kappa shape index (κ2) is 4.18. The number of anilines is 1. The molecule has 1 N–H and O–H groups in total. The molecule has 0 radical (unpaired) electrons. The molecule has 0 bridgehead atoms. The van der Waals surface area contributed by atoms with Crippen LogP contribution in [0.4, 0.5) is 10.2 Å². The lowest BCUT2D eigenvalue weighted by molar-refractivity contribution is 0.581. The van der Waals surface area contributed by atoms with Crippen molar-refractivity contribution >= 4 is 21.4 Å². The Morgan fingerprint density at radius 1 is 1.53 bits per heavy atom. The highest BCUT2D eigenvalue weighted by molar-refractivity contribution is 8.00. The lowest BCUT2D eigenvalue weighted by Gasteiger charge is -2.10. The van der Waals surface area contributed by atoms with Crippen LogP contribution >= 0.6 is 0 Å². The zero-order valence-electron chi connectivity index (χ0n) is 9.08. The third-order valence-corrected chi connectivity index (χ3v) is 2.44. The van der Waals surface area contributed by atoms with E-state index in [4.69, 9.17) is 0 Å². The summed E-state index contributed by atoms with van der Waals surface area (Å²) in [6, 6.07) is 3.05. The van der Waals surface area contributed by atoms with Crippen molar-refractivity contribution < 1.29 is 8.60 Å². The van der Waals surface area contributed by atoms with Crippen LogP contribution in [0.25, 0.3) is 0 Å². The molecule has 1 aromatic heterocycles. The maximum Gasteiger partial charge on any atom is 0.215 e. The zero-order valence-corrected chi connectivity index (χ0v) is 9.90. The van der Waals surface area contributed by atoms with Crippen molar-refractivity contribution in [1.29, 1.82) is 0 Å². The van der Waals surface area contributed by atoms with E-state index < -0.39 is 15.7 Å². The number of nitrogens with one attached hydrogen (secondary N) is 1. The molecular formula is C10H15FN2OS. The SMILES string of the molecule is C=S(C)(=O)Nc1cc(C(C)C)cc(F)n1. The maximum absolute atomic E-state index is 13.1. The molecule has 0 saturated heterocycles. The number of halogens is 1. The lowest BCUT2D eigenvalue weighted by Crippen LogP contribution is -2.11. The van der Waals surface area contributed by atoms with Gasteiger partial charge in [0, 0.05) is 16.0 Å². The molecule has 0 spiro atoms. The van der Waals surface area contributed by atoms with Crippen LogP contribution in [0, 0.1) is 5.95 Å². The van der Waals surface area contributed by atoms with E-state index in [1.807, 2.05) is 13.8 Å². The van der Waals surface area contributed by atoms with Gasteiger partial charge in [0.15, 0.2) is 0 Å². The topological polar surface area (TPSA) is 42.0 Å². The Labute approximate surface area is 89.9 Å². The smallest absolute Gasteiger partial charge is 0.215 e. The molecule has 0 aliphatic rings. The first-order valence-electron chi connectivity index (χ1n) is 4.55. The van der Waals surface area contributed by atoms with Crippen molar-refractivity contribution in [3.8, 4) is 0 Å². The minimum atomic E-state index is -2.42. The summed E-state index contributed by atoms with van der Waals surface area (Å²) in [5, 5.41) is 0. The van der Waals surface area contributed by atoms with Crippen LogP contribution in [-0.2, 0) is 9.71 Å². The molecule has 0 aromatic carbocycles.